The van der Waals surface area contributed by atoms with Crippen LogP contribution in [0.2, 0.25) is 0 Å². The van der Waals surface area contributed by atoms with Crippen LogP contribution in [0.25, 0.3) is 10.8 Å². The van der Waals surface area contributed by atoms with E-state index in [9.17, 15) is 4.79 Å². The van der Waals surface area contributed by atoms with E-state index in [0.717, 1.165) is 5.56 Å². The first-order valence-electron chi connectivity index (χ1n) is 7.06. The predicted molar refractivity (Wildman–Crippen MR) is 83.6 cm³/mol. The highest BCUT2D eigenvalue weighted by molar-refractivity contribution is 5.87. The van der Waals surface area contributed by atoms with Gasteiger partial charge in [0.1, 0.15) is 0 Å². The van der Waals surface area contributed by atoms with E-state index < -0.39 is 0 Å². The number of amides is 1. The molecule has 0 radical (unpaired) electrons. The van der Waals surface area contributed by atoms with Crippen molar-refractivity contribution in [3.8, 4) is 0 Å². The number of nitrogens with one attached hydrogen (secondary N) is 2. The minimum Gasteiger partial charge on any atom is -0.349 e. The zero-order chi connectivity index (χ0) is 14.5. The van der Waals surface area contributed by atoms with Crippen LogP contribution in [0, 0.1) is 5.92 Å². The zero-order valence-corrected chi connectivity index (χ0v) is 12.3. The van der Waals surface area contributed by atoms with E-state index in [0.29, 0.717) is 6.54 Å². The van der Waals surface area contributed by atoms with Crippen LogP contribution in [0.4, 0.5) is 0 Å². The van der Waals surface area contributed by atoms with Gasteiger partial charge in [0.25, 0.3) is 0 Å². The van der Waals surface area contributed by atoms with Gasteiger partial charge < -0.3 is 10.6 Å². The highest BCUT2D eigenvalue weighted by atomic mass is 16.1. The first-order valence-corrected chi connectivity index (χ1v) is 7.06. The Morgan fingerprint density at radius 1 is 1.10 bits per heavy atom. The average Bonchev–Trinajstić information content (AvgIpc) is 2.46. The molecule has 0 spiro atoms. The number of rotatable bonds is 5. The second kappa shape index (κ2) is 6.53. The van der Waals surface area contributed by atoms with Gasteiger partial charge in [-0.15, -0.1) is 0 Å². The average molecular weight is 270 g/mol. The van der Waals surface area contributed by atoms with Crippen molar-refractivity contribution in [2.75, 3.05) is 13.6 Å². The first-order chi connectivity index (χ1) is 9.63. The van der Waals surface area contributed by atoms with E-state index in [1.165, 1.54) is 10.8 Å². The maximum atomic E-state index is 12.1. The molecule has 0 aliphatic rings. The van der Waals surface area contributed by atoms with E-state index in [4.69, 9.17) is 0 Å². The van der Waals surface area contributed by atoms with Gasteiger partial charge in [-0.2, -0.15) is 0 Å². The van der Waals surface area contributed by atoms with Crippen LogP contribution in [0.5, 0.6) is 0 Å². The van der Waals surface area contributed by atoms with Crippen molar-refractivity contribution in [1.29, 1.82) is 0 Å². The normalized spacial score (nSPS) is 13.9. The van der Waals surface area contributed by atoms with Crippen molar-refractivity contribution in [3.05, 3.63) is 48.0 Å². The third kappa shape index (κ3) is 3.17. The molecule has 0 fully saturated rings. The molecule has 0 aromatic heterocycles. The summed E-state index contributed by atoms with van der Waals surface area (Å²) < 4.78 is 0. The Balaban J connectivity index is 2.19. The van der Waals surface area contributed by atoms with Crippen molar-refractivity contribution in [3.63, 3.8) is 0 Å². The SMILES string of the molecule is CNCC(C)C(=O)NC(C)c1cccc2ccccc12. The number of fused-ring (bicyclic) bond motifs is 1. The molecule has 0 heterocycles. The van der Waals surface area contributed by atoms with Crippen LogP contribution >= 0.6 is 0 Å². The van der Waals surface area contributed by atoms with Crippen LogP contribution in [-0.4, -0.2) is 19.5 Å². The van der Waals surface area contributed by atoms with Crippen molar-refractivity contribution in [1.82, 2.24) is 10.6 Å². The van der Waals surface area contributed by atoms with E-state index >= 15 is 0 Å². The van der Waals surface area contributed by atoms with Gasteiger partial charge in [0.15, 0.2) is 0 Å². The number of benzene rings is 2. The fourth-order valence-electron chi connectivity index (χ4n) is 2.46. The topological polar surface area (TPSA) is 41.1 Å². The van der Waals surface area contributed by atoms with Crippen molar-refractivity contribution in [2.24, 2.45) is 5.92 Å². The summed E-state index contributed by atoms with van der Waals surface area (Å²) in [5.74, 6) is 0.0530. The fourth-order valence-corrected chi connectivity index (χ4v) is 2.46. The van der Waals surface area contributed by atoms with Crippen LogP contribution in [0.3, 0.4) is 0 Å². The first kappa shape index (κ1) is 14.5. The van der Waals surface area contributed by atoms with E-state index in [2.05, 4.69) is 34.9 Å². The lowest BCUT2D eigenvalue weighted by Gasteiger charge is -2.19. The molecule has 3 nitrogen and oxygen atoms in total. The monoisotopic (exact) mass is 270 g/mol. The fraction of sp³-hybridized carbons (Fsp3) is 0.353. The largest absolute Gasteiger partial charge is 0.349 e. The number of hydrogen-bond donors (Lipinski definition) is 2. The summed E-state index contributed by atoms with van der Waals surface area (Å²) in [6, 6.07) is 14.5. The van der Waals surface area contributed by atoms with Crippen LogP contribution in [-0.2, 0) is 4.79 Å². The summed E-state index contributed by atoms with van der Waals surface area (Å²) in [5, 5.41) is 8.53. The number of carbonyl (C=O) groups excluding carboxylic acids is 1. The van der Waals surface area contributed by atoms with Crippen molar-refractivity contribution < 1.29 is 4.79 Å². The molecule has 2 aromatic carbocycles. The second-order valence-electron chi connectivity index (χ2n) is 5.26. The maximum Gasteiger partial charge on any atom is 0.224 e. The lowest BCUT2D eigenvalue weighted by Crippen LogP contribution is -2.35. The summed E-state index contributed by atoms with van der Waals surface area (Å²) >= 11 is 0. The molecule has 2 rings (SSSR count). The molecule has 0 bridgehead atoms. The van der Waals surface area contributed by atoms with Gasteiger partial charge in [0, 0.05) is 12.5 Å². The molecule has 0 aliphatic heterocycles. The molecule has 0 saturated heterocycles. The summed E-state index contributed by atoms with van der Waals surface area (Å²) in [6.07, 6.45) is 0. The molecular formula is C17H22N2O. The van der Waals surface area contributed by atoms with Gasteiger partial charge in [0.2, 0.25) is 5.91 Å². The highest BCUT2D eigenvalue weighted by Crippen LogP contribution is 2.24. The van der Waals surface area contributed by atoms with Crippen LogP contribution in [0.15, 0.2) is 42.5 Å². The molecule has 1 amide bonds. The van der Waals surface area contributed by atoms with Gasteiger partial charge in [-0.05, 0) is 30.3 Å². The smallest absolute Gasteiger partial charge is 0.224 e. The number of hydrogen-bond acceptors (Lipinski definition) is 2. The summed E-state index contributed by atoms with van der Waals surface area (Å²) in [6.45, 7) is 4.65. The second-order valence-corrected chi connectivity index (χ2v) is 5.26. The standard InChI is InChI=1S/C17H22N2O/c1-12(11-18-3)17(20)19-13(2)15-10-6-8-14-7-4-5-9-16(14)15/h4-10,12-13,18H,11H2,1-3H3,(H,19,20). The third-order valence-corrected chi connectivity index (χ3v) is 3.61. The molecule has 0 aliphatic carbocycles. The van der Waals surface area contributed by atoms with Gasteiger partial charge in [0.05, 0.1) is 6.04 Å². The van der Waals surface area contributed by atoms with E-state index in [1.54, 1.807) is 0 Å². The summed E-state index contributed by atoms with van der Waals surface area (Å²) in [5.41, 5.74) is 1.16. The Hall–Kier alpha value is -1.87. The van der Waals surface area contributed by atoms with E-state index in [1.807, 2.05) is 39.1 Å². The minimum absolute atomic E-state index is 0.00732. The molecule has 106 valence electrons. The van der Waals surface area contributed by atoms with Crippen LogP contribution in [0.1, 0.15) is 25.5 Å². The highest BCUT2D eigenvalue weighted by Gasteiger charge is 2.16. The quantitative estimate of drug-likeness (QED) is 0.877. The lowest BCUT2D eigenvalue weighted by molar-refractivity contribution is -0.125. The van der Waals surface area contributed by atoms with Crippen molar-refractivity contribution >= 4 is 16.7 Å². The minimum atomic E-state index is -0.0302. The Labute approximate surface area is 120 Å². The molecule has 0 saturated carbocycles. The molecule has 2 atom stereocenters. The number of carbonyl (C=O) groups is 1. The summed E-state index contributed by atoms with van der Waals surface area (Å²) in [7, 11) is 1.86. The summed E-state index contributed by atoms with van der Waals surface area (Å²) in [4.78, 5) is 12.1. The Morgan fingerprint density at radius 3 is 2.55 bits per heavy atom. The molecule has 2 unspecified atom stereocenters. The molecule has 2 N–H and O–H groups in total. The van der Waals surface area contributed by atoms with E-state index in [-0.39, 0.29) is 17.9 Å². The van der Waals surface area contributed by atoms with Gasteiger partial charge in [-0.1, -0.05) is 49.4 Å². The zero-order valence-electron chi connectivity index (χ0n) is 12.3. The van der Waals surface area contributed by atoms with Gasteiger partial charge >= 0.3 is 0 Å². The third-order valence-electron chi connectivity index (χ3n) is 3.61. The maximum absolute atomic E-state index is 12.1. The van der Waals surface area contributed by atoms with Crippen LogP contribution < -0.4 is 10.6 Å². The molecule has 2 aromatic rings. The van der Waals surface area contributed by atoms with Gasteiger partial charge in [-0.25, -0.2) is 0 Å². The Bertz CT molecular complexity index is 589. The predicted octanol–water partition coefficient (Wildman–Crippen LogP) is 2.87. The lowest BCUT2D eigenvalue weighted by atomic mass is 9.99. The Morgan fingerprint density at radius 2 is 1.80 bits per heavy atom. The van der Waals surface area contributed by atoms with Crippen molar-refractivity contribution in [2.45, 2.75) is 19.9 Å². The molecular weight excluding hydrogens is 248 g/mol. The van der Waals surface area contributed by atoms with Gasteiger partial charge in [-0.3, -0.25) is 4.79 Å². The Kier molecular flexibility index (Phi) is 4.74. The molecule has 3 heteroatoms. The molecule has 20 heavy (non-hydrogen) atoms.